The molecule has 1 aliphatic rings. The maximum Gasteiger partial charge on any atom is 0.260 e. The molecule has 0 radical (unpaired) electrons. The average molecular weight is 364 g/mol. The van der Waals surface area contributed by atoms with Crippen LogP contribution in [0.1, 0.15) is 16.5 Å². The second kappa shape index (κ2) is 8.44. The monoisotopic (exact) mass is 363 g/mol. The maximum absolute atomic E-state index is 12.5. The molecule has 1 aromatic heterocycles. The Bertz CT molecular complexity index is 660. The first kappa shape index (κ1) is 17.2. The number of ether oxygens (including phenoxy) is 2. The molecule has 1 saturated heterocycles. The fourth-order valence-corrected chi connectivity index (χ4v) is 4.93. The predicted octanol–water partition coefficient (Wildman–Crippen LogP) is 3.84. The normalized spacial score (nSPS) is 18.0. The lowest BCUT2D eigenvalue weighted by molar-refractivity contribution is -0.133. The Kier molecular flexibility index (Phi) is 6.04. The van der Waals surface area contributed by atoms with E-state index >= 15 is 0 Å². The topological polar surface area (TPSA) is 38.8 Å². The summed E-state index contributed by atoms with van der Waals surface area (Å²) in [6.07, 6.45) is 0.992. The fourth-order valence-electron chi connectivity index (χ4n) is 2.69. The maximum atomic E-state index is 12.5. The third kappa shape index (κ3) is 4.24. The van der Waals surface area contributed by atoms with Crippen LogP contribution in [-0.4, -0.2) is 43.4 Å². The van der Waals surface area contributed by atoms with Crippen LogP contribution in [0.4, 0.5) is 0 Å². The van der Waals surface area contributed by atoms with E-state index in [0.717, 1.165) is 25.3 Å². The smallest absolute Gasteiger partial charge is 0.260 e. The number of benzene rings is 1. The molecular formula is C18H21NO3S2. The summed E-state index contributed by atoms with van der Waals surface area (Å²) in [5.41, 5.74) is 0. The van der Waals surface area contributed by atoms with Gasteiger partial charge in [0.2, 0.25) is 0 Å². The SMILES string of the molecule is COc1ccccc1OCC(=O)N1CCSC(c2cccs2)CC1. The second-order valence-corrected chi connectivity index (χ2v) is 7.77. The van der Waals surface area contributed by atoms with Gasteiger partial charge in [0.05, 0.1) is 7.11 Å². The largest absolute Gasteiger partial charge is 0.493 e. The summed E-state index contributed by atoms with van der Waals surface area (Å²) in [5.74, 6) is 2.25. The van der Waals surface area contributed by atoms with Gasteiger partial charge in [0, 0.05) is 29.0 Å². The summed E-state index contributed by atoms with van der Waals surface area (Å²) in [6.45, 7) is 1.61. The zero-order chi connectivity index (χ0) is 16.8. The van der Waals surface area contributed by atoms with Crippen molar-refractivity contribution in [1.29, 1.82) is 0 Å². The number of amides is 1. The van der Waals surface area contributed by atoms with E-state index in [0.29, 0.717) is 16.7 Å². The van der Waals surface area contributed by atoms with Gasteiger partial charge >= 0.3 is 0 Å². The van der Waals surface area contributed by atoms with Crippen LogP contribution in [0.2, 0.25) is 0 Å². The lowest BCUT2D eigenvalue weighted by Gasteiger charge is -2.20. The van der Waals surface area contributed by atoms with Crippen molar-refractivity contribution in [3.63, 3.8) is 0 Å². The Morgan fingerprint density at radius 2 is 2.04 bits per heavy atom. The van der Waals surface area contributed by atoms with E-state index in [-0.39, 0.29) is 12.5 Å². The third-order valence-electron chi connectivity index (χ3n) is 3.97. The van der Waals surface area contributed by atoms with Crippen molar-refractivity contribution in [1.82, 2.24) is 4.90 Å². The summed E-state index contributed by atoms with van der Waals surface area (Å²) in [7, 11) is 1.60. The molecule has 2 heterocycles. The molecule has 0 N–H and O–H groups in total. The number of rotatable bonds is 5. The van der Waals surface area contributed by atoms with Gasteiger partial charge in [-0.25, -0.2) is 0 Å². The number of hydrogen-bond donors (Lipinski definition) is 0. The van der Waals surface area contributed by atoms with Gasteiger partial charge in [-0.05, 0) is 30.0 Å². The van der Waals surface area contributed by atoms with Crippen molar-refractivity contribution in [3.8, 4) is 11.5 Å². The van der Waals surface area contributed by atoms with Crippen molar-refractivity contribution < 1.29 is 14.3 Å². The first-order chi connectivity index (χ1) is 11.8. The molecule has 0 saturated carbocycles. The Morgan fingerprint density at radius 3 is 2.79 bits per heavy atom. The Labute approximate surface area is 150 Å². The molecule has 2 aromatic rings. The Morgan fingerprint density at radius 1 is 1.21 bits per heavy atom. The molecule has 1 atom stereocenters. The molecule has 1 aromatic carbocycles. The van der Waals surface area contributed by atoms with E-state index in [1.807, 2.05) is 40.9 Å². The second-order valence-electron chi connectivity index (χ2n) is 5.48. The van der Waals surface area contributed by atoms with Crippen LogP contribution >= 0.6 is 23.1 Å². The van der Waals surface area contributed by atoms with Crippen molar-refractivity contribution in [2.24, 2.45) is 0 Å². The van der Waals surface area contributed by atoms with E-state index in [1.165, 1.54) is 4.88 Å². The summed E-state index contributed by atoms with van der Waals surface area (Å²) < 4.78 is 10.9. The summed E-state index contributed by atoms with van der Waals surface area (Å²) in [6, 6.07) is 11.7. The molecule has 1 fully saturated rings. The minimum atomic E-state index is 0.0355. The van der Waals surface area contributed by atoms with Crippen LogP contribution in [0.3, 0.4) is 0 Å². The summed E-state index contributed by atoms with van der Waals surface area (Å²) in [5, 5.41) is 2.61. The van der Waals surface area contributed by atoms with Gasteiger partial charge in [-0.3, -0.25) is 4.79 Å². The van der Waals surface area contributed by atoms with Gasteiger partial charge in [-0.2, -0.15) is 11.8 Å². The van der Waals surface area contributed by atoms with Crippen LogP contribution in [0.15, 0.2) is 41.8 Å². The van der Waals surface area contributed by atoms with Gasteiger partial charge in [0.25, 0.3) is 5.91 Å². The lowest BCUT2D eigenvalue weighted by Crippen LogP contribution is -2.36. The van der Waals surface area contributed by atoms with E-state index in [9.17, 15) is 4.79 Å². The number of thioether (sulfide) groups is 1. The van der Waals surface area contributed by atoms with Crippen LogP contribution in [-0.2, 0) is 4.79 Å². The van der Waals surface area contributed by atoms with Gasteiger partial charge < -0.3 is 14.4 Å². The van der Waals surface area contributed by atoms with Crippen LogP contribution in [0.25, 0.3) is 0 Å². The number of carbonyl (C=O) groups excluding carboxylic acids is 1. The first-order valence-corrected chi connectivity index (χ1v) is 9.89. The minimum absolute atomic E-state index is 0.0355. The highest BCUT2D eigenvalue weighted by molar-refractivity contribution is 7.99. The molecule has 24 heavy (non-hydrogen) atoms. The summed E-state index contributed by atoms with van der Waals surface area (Å²) >= 11 is 3.74. The third-order valence-corrected chi connectivity index (χ3v) is 6.42. The van der Waals surface area contributed by atoms with Crippen molar-refractivity contribution in [2.45, 2.75) is 11.7 Å². The van der Waals surface area contributed by atoms with Crippen LogP contribution in [0.5, 0.6) is 11.5 Å². The van der Waals surface area contributed by atoms with E-state index < -0.39 is 0 Å². The zero-order valence-electron chi connectivity index (χ0n) is 13.6. The van der Waals surface area contributed by atoms with Crippen molar-refractivity contribution >= 4 is 29.0 Å². The average Bonchev–Trinajstić information content (AvgIpc) is 3.04. The van der Waals surface area contributed by atoms with Gasteiger partial charge in [-0.15, -0.1) is 11.3 Å². The number of methoxy groups -OCH3 is 1. The summed E-state index contributed by atoms with van der Waals surface area (Å²) in [4.78, 5) is 15.8. The Hall–Kier alpha value is -1.66. The van der Waals surface area contributed by atoms with Crippen molar-refractivity contribution in [2.75, 3.05) is 32.6 Å². The van der Waals surface area contributed by atoms with Gasteiger partial charge in [0.15, 0.2) is 18.1 Å². The molecule has 0 aliphatic carbocycles. The molecule has 3 rings (SSSR count). The predicted molar refractivity (Wildman–Crippen MR) is 99.2 cm³/mol. The van der Waals surface area contributed by atoms with E-state index in [4.69, 9.17) is 9.47 Å². The standard InChI is InChI=1S/C18H21NO3S2/c1-21-14-5-2-3-6-15(14)22-13-18(20)19-9-8-17(24-12-10-19)16-7-4-11-23-16/h2-7,11,17H,8-10,12-13H2,1H3. The van der Waals surface area contributed by atoms with E-state index in [1.54, 1.807) is 18.4 Å². The van der Waals surface area contributed by atoms with Crippen molar-refractivity contribution in [3.05, 3.63) is 46.7 Å². The lowest BCUT2D eigenvalue weighted by atomic mass is 10.2. The minimum Gasteiger partial charge on any atom is -0.493 e. The van der Waals surface area contributed by atoms with Gasteiger partial charge in [0.1, 0.15) is 0 Å². The molecule has 0 spiro atoms. The molecule has 1 unspecified atom stereocenters. The number of thiophene rings is 1. The Balaban J connectivity index is 1.54. The fraction of sp³-hybridized carbons (Fsp3) is 0.389. The molecule has 128 valence electrons. The highest BCUT2D eigenvalue weighted by Crippen LogP contribution is 2.36. The number of nitrogens with zero attached hydrogens (tertiary/aromatic N) is 1. The van der Waals surface area contributed by atoms with Crippen LogP contribution < -0.4 is 9.47 Å². The van der Waals surface area contributed by atoms with E-state index in [2.05, 4.69) is 17.5 Å². The zero-order valence-corrected chi connectivity index (χ0v) is 15.3. The molecule has 4 nitrogen and oxygen atoms in total. The molecular weight excluding hydrogens is 342 g/mol. The van der Waals surface area contributed by atoms with Gasteiger partial charge in [-0.1, -0.05) is 18.2 Å². The molecule has 1 amide bonds. The highest BCUT2D eigenvalue weighted by atomic mass is 32.2. The first-order valence-electron chi connectivity index (χ1n) is 7.96. The molecule has 1 aliphatic heterocycles. The molecule has 6 heteroatoms. The number of hydrogen-bond acceptors (Lipinski definition) is 5. The quantitative estimate of drug-likeness (QED) is 0.809. The highest BCUT2D eigenvalue weighted by Gasteiger charge is 2.23. The number of para-hydroxylation sites is 2. The molecule has 0 bridgehead atoms. The number of carbonyl (C=O) groups is 1. The van der Waals surface area contributed by atoms with Crippen LogP contribution in [0, 0.1) is 0 Å².